The van der Waals surface area contributed by atoms with E-state index in [1.54, 1.807) is 0 Å². The number of aromatic nitrogens is 5. The van der Waals surface area contributed by atoms with Crippen LogP contribution in [0.1, 0.15) is 44.4 Å². The third kappa shape index (κ3) is 4.67. The summed E-state index contributed by atoms with van der Waals surface area (Å²) in [6.45, 7) is 13.2. The Balaban J connectivity index is 1.57. The average Bonchev–Trinajstić information content (AvgIpc) is 3.42. The van der Waals surface area contributed by atoms with E-state index in [-0.39, 0.29) is 10.7 Å². The van der Waals surface area contributed by atoms with Crippen molar-refractivity contribution in [1.29, 1.82) is 0 Å². The van der Waals surface area contributed by atoms with Crippen LogP contribution in [0, 0.1) is 0 Å². The molecule has 0 saturated heterocycles. The Morgan fingerprint density at radius 3 is 2.34 bits per heavy atom. The SMILES string of the molecule is C=CCn1c(S[C@@H](C)c2nnc(-c3ccccc3)o2)nnc1-c1ccc(C(C)(C)C)cc1. The van der Waals surface area contributed by atoms with E-state index in [1.165, 1.54) is 17.3 Å². The van der Waals surface area contributed by atoms with Gasteiger partial charge in [0.2, 0.25) is 11.8 Å². The first kappa shape index (κ1) is 22.0. The molecule has 0 aliphatic carbocycles. The summed E-state index contributed by atoms with van der Waals surface area (Å²) in [7, 11) is 0. The van der Waals surface area contributed by atoms with Crippen LogP contribution in [-0.2, 0) is 12.0 Å². The van der Waals surface area contributed by atoms with Gasteiger partial charge in [-0.25, -0.2) is 0 Å². The van der Waals surface area contributed by atoms with Gasteiger partial charge in [0.25, 0.3) is 0 Å². The van der Waals surface area contributed by atoms with Crippen molar-refractivity contribution in [3.05, 3.63) is 78.7 Å². The highest BCUT2D eigenvalue weighted by Gasteiger charge is 2.22. The lowest BCUT2D eigenvalue weighted by Crippen LogP contribution is -2.10. The molecule has 2 aromatic carbocycles. The van der Waals surface area contributed by atoms with Crippen LogP contribution >= 0.6 is 11.8 Å². The maximum Gasteiger partial charge on any atom is 0.247 e. The summed E-state index contributed by atoms with van der Waals surface area (Å²) in [5, 5.41) is 18.1. The van der Waals surface area contributed by atoms with Gasteiger partial charge in [-0.1, -0.05) is 81.1 Å². The summed E-state index contributed by atoms with van der Waals surface area (Å²) in [6, 6.07) is 18.3. The highest BCUT2D eigenvalue weighted by molar-refractivity contribution is 7.99. The quantitative estimate of drug-likeness (QED) is 0.244. The van der Waals surface area contributed by atoms with Crippen molar-refractivity contribution in [2.75, 3.05) is 0 Å². The Kier molecular flexibility index (Phi) is 6.28. The lowest BCUT2D eigenvalue weighted by Gasteiger charge is -2.19. The monoisotopic (exact) mass is 445 g/mol. The van der Waals surface area contributed by atoms with E-state index in [2.05, 4.69) is 76.6 Å². The summed E-state index contributed by atoms with van der Waals surface area (Å²) in [4.78, 5) is 0. The normalized spacial score (nSPS) is 12.6. The fraction of sp³-hybridized carbons (Fsp3) is 0.280. The Morgan fingerprint density at radius 2 is 1.69 bits per heavy atom. The molecule has 4 rings (SSSR count). The number of allylic oxidation sites excluding steroid dienone is 1. The average molecular weight is 446 g/mol. The van der Waals surface area contributed by atoms with Crippen LogP contribution in [0.2, 0.25) is 0 Å². The predicted octanol–water partition coefficient (Wildman–Crippen LogP) is 6.33. The van der Waals surface area contributed by atoms with Gasteiger partial charge in [-0.2, -0.15) is 0 Å². The van der Waals surface area contributed by atoms with Crippen LogP contribution in [0.25, 0.3) is 22.8 Å². The van der Waals surface area contributed by atoms with E-state index in [0.29, 0.717) is 18.3 Å². The first-order chi connectivity index (χ1) is 15.4. The number of thioether (sulfide) groups is 1. The summed E-state index contributed by atoms with van der Waals surface area (Å²) in [6.07, 6.45) is 1.85. The molecule has 0 spiro atoms. The molecular weight excluding hydrogens is 418 g/mol. The van der Waals surface area contributed by atoms with Crippen LogP contribution in [0.4, 0.5) is 0 Å². The largest absolute Gasteiger partial charge is 0.419 e. The van der Waals surface area contributed by atoms with Crippen molar-refractivity contribution in [1.82, 2.24) is 25.0 Å². The number of benzene rings is 2. The molecule has 1 atom stereocenters. The van der Waals surface area contributed by atoms with E-state index in [4.69, 9.17) is 4.42 Å². The summed E-state index contributed by atoms with van der Waals surface area (Å²) in [5.41, 5.74) is 3.31. The number of rotatable bonds is 7. The van der Waals surface area contributed by atoms with Crippen molar-refractivity contribution >= 4 is 11.8 Å². The maximum atomic E-state index is 5.92. The number of hydrogen-bond acceptors (Lipinski definition) is 6. The Labute approximate surface area is 192 Å². The first-order valence-corrected chi connectivity index (χ1v) is 11.5. The Hall–Kier alpha value is -3.19. The second kappa shape index (κ2) is 9.12. The Bertz CT molecular complexity index is 1190. The maximum absolute atomic E-state index is 5.92. The molecule has 0 radical (unpaired) electrons. The van der Waals surface area contributed by atoms with Gasteiger partial charge in [-0.3, -0.25) is 4.57 Å². The van der Waals surface area contributed by atoms with Crippen molar-refractivity contribution in [2.24, 2.45) is 0 Å². The van der Waals surface area contributed by atoms with Gasteiger partial charge in [0, 0.05) is 17.7 Å². The molecule has 0 amide bonds. The minimum Gasteiger partial charge on any atom is -0.419 e. The molecule has 0 N–H and O–H groups in total. The summed E-state index contributed by atoms with van der Waals surface area (Å²) in [5.74, 6) is 1.88. The van der Waals surface area contributed by atoms with Crippen LogP contribution in [-0.4, -0.2) is 25.0 Å². The molecule has 0 bridgehead atoms. The third-order valence-electron chi connectivity index (χ3n) is 5.13. The van der Waals surface area contributed by atoms with Gasteiger partial charge < -0.3 is 4.42 Å². The van der Waals surface area contributed by atoms with Gasteiger partial charge in [0.15, 0.2) is 11.0 Å². The third-order valence-corrected chi connectivity index (χ3v) is 6.20. The first-order valence-electron chi connectivity index (χ1n) is 10.6. The zero-order chi connectivity index (χ0) is 22.7. The minimum atomic E-state index is -0.0798. The van der Waals surface area contributed by atoms with E-state index in [0.717, 1.165) is 22.1 Å². The van der Waals surface area contributed by atoms with E-state index >= 15 is 0 Å². The second-order valence-electron chi connectivity index (χ2n) is 8.60. The van der Waals surface area contributed by atoms with Gasteiger partial charge in [0.05, 0.1) is 5.25 Å². The highest BCUT2D eigenvalue weighted by atomic mass is 32.2. The van der Waals surface area contributed by atoms with Crippen LogP contribution < -0.4 is 0 Å². The standard InChI is InChI=1S/C25H27N5OS/c1-6-16-30-21(18-12-14-20(15-13-18)25(3,4)5)26-29-24(30)32-17(2)22-27-28-23(31-22)19-10-8-7-9-11-19/h6-15,17H,1,16H2,2-5H3/t17-/m0/s1. The second-order valence-corrected chi connectivity index (χ2v) is 9.91. The molecule has 0 aliphatic heterocycles. The van der Waals surface area contributed by atoms with E-state index in [9.17, 15) is 0 Å². The minimum absolute atomic E-state index is 0.0798. The highest BCUT2D eigenvalue weighted by Crippen LogP contribution is 2.36. The molecule has 0 fully saturated rings. The molecule has 0 unspecified atom stereocenters. The van der Waals surface area contributed by atoms with Gasteiger partial charge in [0.1, 0.15) is 0 Å². The van der Waals surface area contributed by atoms with Gasteiger partial charge in [-0.15, -0.1) is 27.0 Å². The van der Waals surface area contributed by atoms with Gasteiger partial charge >= 0.3 is 0 Å². The van der Waals surface area contributed by atoms with Crippen molar-refractivity contribution in [3.8, 4) is 22.8 Å². The topological polar surface area (TPSA) is 69.6 Å². The molecule has 4 aromatic rings. The van der Waals surface area contributed by atoms with Crippen molar-refractivity contribution in [2.45, 2.75) is 50.1 Å². The summed E-state index contributed by atoms with van der Waals surface area (Å²) < 4.78 is 7.98. The van der Waals surface area contributed by atoms with Gasteiger partial charge in [-0.05, 0) is 30.0 Å². The molecule has 2 heterocycles. The predicted molar refractivity (Wildman–Crippen MR) is 128 cm³/mol. The summed E-state index contributed by atoms with van der Waals surface area (Å²) >= 11 is 1.54. The van der Waals surface area contributed by atoms with Crippen LogP contribution in [0.15, 0.2) is 76.8 Å². The van der Waals surface area contributed by atoms with Crippen LogP contribution in [0.5, 0.6) is 0 Å². The molecular formula is C25H27N5OS. The number of hydrogen-bond donors (Lipinski definition) is 0. The molecule has 6 nitrogen and oxygen atoms in total. The zero-order valence-corrected chi connectivity index (χ0v) is 19.6. The van der Waals surface area contributed by atoms with Crippen LogP contribution in [0.3, 0.4) is 0 Å². The molecule has 2 aromatic heterocycles. The number of nitrogens with zero attached hydrogens (tertiary/aromatic N) is 5. The smallest absolute Gasteiger partial charge is 0.247 e. The Morgan fingerprint density at radius 1 is 0.969 bits per heavy atom. The van der Waals surface area contributed by atoms with Crippen molar-refractivity contribution < 1.29 is 4.42 Å². The van der Waals surface area contributed by atoms with E-state index in [1.807, 2.05) is 43.3 Å². The molecule has 164 valence electrons. The van der Waals surface area contributed by atoms with Crippen molar-refractivity contribution in [3.63, 3.8) is 0 Å². The molecule has 0 aliphatic rings. The zero-order valence-electron chi connectivity index (χ0n) is 18.8. The molecule has 0 saturated carbocycles. The molecule has 32 heavy (non-hydrogen) atoms. The molecule has 7 heteroatoms. The lowest BCUT2D eigenvalue weighted by molar-refractivity contribution is 0.508. The fourth-order valence-corrected chi connectivity index (χ4v) is 4.20. The fourth-order valence-electron chi connectivity index (χ4n) is 3.31. The lowest BCUT2D eigenvalue weighted by atomic mass is 9.87. The van der Waals surface area contributed by atoms with E-state index < -0.39 is 0 Å².